The first-order chi connectivity index (χ1) is 11.4. The van der Waals surface area contributed by atoms with Crippen LogP contribution in [0.5, 0.6) is 0 Å². The van der Waals surface area contributed by atoms with Gasteiger partial charge in [-0.05, 0) is 74.8 Å². The first-order valence-electron chi connectivity index (χ1n) is 8.96. The van der Waals surface area contributed by atoms with Crippen LogP contribution in [0.1, 0.15) is 48.0 Å². The molecule has 4 bridgehead atoms. The highest BCUT2D eigenvalue weighted by atomic mass is 16.6. The lowest BCUT2D eigenvalue weighted by atomic mass is 9.54. The molecule has 0 radical (unpaired) electrons. The van der Waals surface area contributed by atoms with Crippen molar-refractivity contribution in [3.05, 3.63) is 39.4 Å². The van der Waals surface area contributed by atoms with Crippen LogP contribution in [0, 0.1) is 40.7 Å². The fourth-order valence-electron chi connectivity index (χ4n) is 5.86. The molecule has 4 fully saturated rings. The Labute approximate surface area is 142 Å². The van der Waals surface area contributed by atoms with Crippen LogP contribution in [0.2, 0.25) is 0 Å². The zero-order valence-corrected chi connectivity index (χ0v) is 14.3. The number of nitrogens with zero attached hydrogens (tertiary/aromatic N) is 2. The Morgan fingerprint density at radius 2 is 1.71 bits per heavy atom. The number of hydrogen-bond acceptors (Lipinski definition) is 3. The molecule has 0 atom stereocenters. The van der Waals surface area contributed by atoms with Crippen molar-refractivity contribution in [3.63, 3.8) is 0 Å². The van der Waals surface area contributed by atoms with E-state index >= 15 is 0 Å². The van der Waals surface area contributed by atoms with Crippen molar-refractivity contribution in [2.24, 2.45) is 23.7 Å². The fraction of sp³-hybridized carbons (Fsp3) is 0.632. The Morgan fingerprint density at radius 1 is 1.12 bits per heavy atom. The highest BCUT2D eigenvalue weighted by Gasteiger charge is 2.50. The molecule has 24 heavy (non-hydrogen) atoms. The molecule has 0 N–H and O–H groups in total. The highest BCUT2D eigenvalue weighted by Crippen LogP contribution is 2.55. The number of nitro groups is 1. The van der Waals surface area contributed by atoms with Gasteiger partial charge in [0, 0.05) is 30.3 Å². The third-order valence-electron chi connectivity index (χ3n) is 6.58. The molecule has 4 saturated carbocycles. The molecular formula is C19H24N2O3. The van der Waals surface area contributed by atoms with E-state index in [0.717, 1.165) is 11.8 Å². The first kappa shape index (κ1) is 15.6. The van der Waals surface area contributed by atoms with Gasteiger partial charge < -0.3 is 4.90 Å². The van der Waals surface area contributed by atoms with E-state index in [-0.39, 0.29) is 11.6 Å². The summed E-state index contributed by atoms with van der Waals surface area (Å²) < 4.78 is 0. The van der Waals surface area contributed by atoms with Crippen LogP contribution in [0.4, 0.5) is 5.69 Å². The molecule has 0 spiro atoms. The molecule has 5 nitrogen and oxygen atoms in total. The quantitative estimate of drug-likeness (QED) is 0.626. The molecule has 1 aromatic carbocycles. The Balaban J connectivity index is 1.56. The summed E-state index contributed by atoms with van der Waals surface area (Å²) in [4.78, 5) is 25.5. The number of benzene rings is 1. The molecule has 4 aliphatic carbocycles. The second kappa shape index (κ2) is 5.57. The lowest BCUT2D eigenvalue weighted by Gasteiger charge is -2.56. The lowest BCUT2D eigenvalue weighted by Crippen LogP contribution is -2.56. The molecule has 5 heteroatoms. The Kier molecular flexibility index (Phi) is 3.62. The van der Waals surface area contributed by atoms with Crippen molar-refractivity contribution < 1.29 is 9.72 Å². The second-order valence-electron chi connectivity index (χ2n) is 8.10. The van der Waals surface area contributed by atoms with Gasteiger partial charge in [0.1, 0.15) is 0 Å². The van der Waals surface area contributed by atoms with Crippen LogP contribution in [0.15, 0.2) is 18.2 Å². The van der Waals surface area contributed by atoms with Gasteiger partial charge in [-0.2, -0.15) is 0 Å². The van der Waals surface area contributed by atoms with Gasteiger partial charge in [0.25, 0.3) is 11.6 Å². The third kappa shape index (κ3) is 2.41. The molecule has 128 valence electrons. The van der Waals surface area contributed by atoms with Crippen molar-refractivity contribution in [3.8, 4) is 0 Å². The number of carbonyl (C=O) groups excluding carboxylic acids is 1. The fourth-order valence-corrected chi connectivity index (χ4v) is 5.86. The van der Waals surface area contributed by atoms with Crippen LogP contribution in [-0.4, -0.2) is 28.8 Å². The van der Waals surface area contributed by atoms with Gasteiger partial charge >= 0.3 is 0 Å². The summed E-state index contributed by atoms with van der Waals surface area (Å²) in [6.07, 6.45) is 6.49. The van der Waals surface area contributed by atoms with Gasteiger partial charge in [0.15, 0.2) is 0 Å². The third-order valence-corrected chi connectivity index (χ3v) is 6.58. The molecule has 4 aliphatic rings. The number of hydrogen-bond donors (Lipinski definition) is 0. The first-order valence-corrected chi connectivity index (χ1v) is 8.96. The van der Waals surface area contributed by atoms with E-state index in [1.165, 1.54) is 38.2 Å². The van der Waals surface area contributed by atoms with E-state index in [4.69, 9.17) is 0 Å². The number of amides is 1. The minimum atomic E-state index is -0.398. The summed E-state index contributed by atoms with van der Waals surface area (Å²) in [5, 5.41) is 11.0. The molecule has 0 saturated heterocycles. The van der Waals surface area contributed by atoms with Gasteiger partial charge in [-0.15, -0.1) is 0 Å². The van der Waals surface area contributed by atoms with Gasteiger partial charge in [-0.1, -0.05) is 0 Å². The molecule has 0 heterocycles. The summed E-state index contributed by atoms with van der Waals surface area (Å²) in [6, 6.07) is 5.06. The number of rotatable bonds is 3. The largest absolute Gasteiger partial charge is 0.338 e. The molecule has 0 aliphatic heterocycles. The van der Waals surface area contributed by atoms with E-state index in [9.17, 15) is 14.9 Å². The average molecular weight is 328 g/mol. The molecule has 1 amide bonds. The Bertz CT molecular complexity index is 672. The maximum Gasteiger partial charge on any atom is 0.272 e. The minimum absolute atomic E-state index is 0.00507. The zero-order chi connectivity index (χ0) is 17.0. The zero-order valence-electron chi connectivity index (χ0n) is 14.3. The van der Waals surface area contributed by atoms with Crippen LogP contribution >= 0.6 is 0 Å². The van der Waals surface area contributed by atoms with Crippen LogP contribution in [0.25, 0.3) is 0 Å². The topological polar surface area (TPSA) is 63.5 Å². The van der Waals surface area contributed by atoms with E-state index in [2.05, 4.69) is 0 Å². The second-order valence-corrected chi connectivity index (χ2v) is 8.10. The number of nitro benzene ring substituents is 1. The molecular weight excluding hydrogens is 304 g/mol. The normalized spacial score (nSPS) is 33.5. The van der Waals surface area contributed by atoms with Crippen molar-refractivity contribution in [1.82, 2.24) is 4.90 Å². The predicted octanol–water partition coefficient (Wildman–Crippen LogP) is 3.80. The van der Waals surface area contributed by atoms with Gasteiger partial charge in [0.05, 0.1) is 4.92 Å². The van der Waals surface area contributed by atoms with E-state index in [1.54, 1.807) is 19.1 Å². The lowest BCUT2D eigenvalue weighted by molar-refractivity contribution is -0.385. The summed E-state index contributed by atoms with van der Waals surface area (Å²) in [5.41, 5.74) is 1.18. The van der Waals surface area contributed by atoms with Crippen LogP contribution < -0.4 is 0 Å². The molecule has 0 unspecified atom stereocenters. The Hall–Kier alpha value is -1.91. The van der Waals surface area contributed by atoms with Crippen LogP contribution in [0.3, 0.4) is 0 Å². The molecule has 5 rings (SSSR count). The van der Waals surface area contributed by atoms with Gasteiger partial charge in [0.2, 0.25) is 0 Å². The maximum atomic E-state index is 13.0. The highest BCUT2D eigenvalue weighted by molar-refractivity contribution is 5.94. The predicted molar refractivity (Wildman–Crippen MR) is 90.8 cm³/mol. The number of carbonyl (C=O) groups is 1. The Morgan fingerprint density at radius 3 is 2.21 bits per heavy atom. The van der Waals surface area contributed by atoms with E-state index in [0.29, 0.717) is 29.0 Å². The SMILES string of the molecule is Cc1cc(C(=O)N(C)C2C3CC4CC(C3)CC2C4)ccc1[N+](=O)[O-]. The monoisotopic (exact) mass is 328 g/mol. The van der Waals surface area contributed by atoms with Crippen molar-refractivity contribution in [2.45, 2.75) is 45.1 Å². The number of aryl methyl sites for hydroxylation is 1. The van der Waals surface area contributed by atoms with Gasteiger partial charge in [-0.25, -0.2) is 0 Å². The summed E-state index contributed by atoms with van der Waals surface area (Å²) in [7, 11) is 1.92. The smallest absolute Gasteiger partial charge is 0.272 e. The maximum absolute atomic E-state index is 13.0. The van der Waals surface area contributed by atoms with Crippen molar-refractivity contribution >= 4 is 11.6 Å². The van der Waals surface area contributed by atoms with Crippen molar-refractivity contribution in [1.29, 1.82) is 0 Å². The van der Waals surface area contributed by atoms with Gasteiger partial charge in [-0.3, -0.25) is 14.9 Å². The van der Waals surface area contributed by atoms with Crippen molar-refractivity contribution in [2.75, 3.05) is 7.05 Å². The summed E-state index contributed by atoms with van der Waals surface area (Å²) in [5.74, 6) is 3.07. The standard InChI is InChI=1S/C19H24N2O3/c1-11-5-14(3-4-17(11)21(23)24)19(22)20(2)18-15-7-12-6-13(9-15)10-16(18)8-12/h3-5,12-13,15-16,18H,6-10H2,1-2H3. The molecule has 1 aromatic rings. The van der Waals surface area contributed by atoms with Crippen LogP contribution in [-0.2, 0) is 0 Å². The average Bonchev–Trinajstić information content (AvgIpc) is 2.52. The minimum Gasteiger partial charge on any atom is -0.338 e. The van der Waals surface area contributed by atoms with E-state index in [1.807, 2.05) is 11.9 Å². The molecule has 0 aromatic heterocycles. The summed E-state index contributed by atoms with van der Waals surface area (Å²) >= 11 is 0. The summed E-state index contributed by atoms with van der Waals surface area (Å²) in [6.45, 7) is 1.69. The van der Waals surface area contributed by atoms with E-state index < -0.39 is 4.92 Å².